The smallest absolute Gasteiger partial charge is 0.316 e. The topological polar surface area (TPSA) is 232 Å². The monoisotopic (exact) mass is 895 g/mol. The van der Waals surface area contributed by atoms with Gasteiger partial charge in [-0.3, -0.25) is 19.2 Å². The largest absolute Gasteiger partial charge is 0.504 e. The van der Waals surface area contributed by atoms with Crippen molar-refractivity contribution < 1.29 is 76.8 Å². The minimum Gasteiger partial charge on any atom is -0.504 e. The van der Waals surface area contributed by atoms with Gasteiger partial charge in [0.15, 0.2) is 34.5 Å². The maximum Gasteiger partial charge on any atom is 0.316 e. The zero-order valence-corrected chi connectivity index (χ0v) is 38.5. The molecule has 0 heterocycles. The lowest BCUT2D eigenvalue weighted by atomic mass is 9.97. The summed E-state index contributed by atoms with van der Waals surface area (Å²) in [5, 5.41) is 48.3. The average Bonchev–Trinajstić information content (AvgIpc) is 3.16. The van der Waals surface area contributed by atoms with E-state index in [9.17, 15) is 57.9 Å². The second-order valence-corrected chi connectivity index (χ2v) is 18.7. The molecular formula is C46H64F3NO13. The summed E-state index contributed by atoms with van der Waals surface area (Å²) < 4.78 is 62.1. The third-order valence-corrected chi connectivity index (χ3v) is 8.55. The van der Waals surface area contributed by atoms with Gasteiger partial charge in [0.05, 0.1) is 40.0 Å². The molecule has 3 aromatic carbocycles. The van der Waals surface area contributed by atoms with E-state index in [1.165, 1.54) is 6.07 Å². The molecule has 0 radical (unpaired) electrons. The maximum absolute atomic E-state index is 14.3. The molecule has 0 aromatic heterocycles. The van der Waals surface area contributed by atoms with E-state index in [1.54, 1.807) is 96.9 Å². The molecule has 17 heteroatoms. The van der Waals surface area contributed by atoms with E-state index < -0.39 is 92.8 Å². The number of hydrogen-bond donors (Lipinski definition) is 6. The summed E-state index contributed by atoms with van der Waals surface area (Å²) in [5.74, 6) is -6.20. The number of aromatic hydroxyl groups is 2. The number of ether oxygens (including phenoxy) is 4. The fourth-order valence-corrected chi connectivity index (χ4v) is 4.34. The molecule has 63 heavy (non-hydrogen) atoms. The van der Waals surface area contributed by atoms with Crippen LogP contribution < -0.4 is 24.7 Å². The zero-order chi connectivity index (χ0) is 49.2. The highest BCUT2D eigenvalue weighted by Gasteiger charge is 2.31. The number of nitrogens with two attached hydrogens (primary N) is 1. The van der Waals surface area contributed by atoms with Crippen LogP contribution in [0, 0.1) is 39.1 Å². The van der Waals surface area contributed by atoms with Crippen molar-refractivity contribution in [1.82, 2.24) is 0 Å². The van der Waals surface area contributed by atoms with Crippen molar-refractivity contribution in [2.75, 3.05) is 6.54 Å². The molecule has 0 saturated heterocycles. The van der Waals surface area contributed by atoms with Crippen molar-refractivity contribution in [2.45, 2.75) is 128 Å². The second-order valence-electron chi connectivity index (χ2n) is 18.7. The van der Waals surface area contributed by atoms with Crippen LogP contribution in [-0.4, -0.2) is 56.0 Å². The molecule has 3 atom stereocenters. The number of rotatable bonds is 10. The van der Waals surface area contributed by atoms with E-state index in [1.807, 2.05) is 0 Å². The summed E-state index contributed by atoms with van der Waals surface area (Å²) in [6, 6.07) is 6.01. The molecule has 14 nitrogen and oxygen atoms in total. The van der Waals surface area contributed by atoms with Crippen LogP contribution in [0.5, 0.6) is 34.5 Å². The van der Waals surface area contributed by atoms with E-state index in [4.69, 9.17) is 24.7 Å². The van der Waals surface area contributed by atoms with Gasteiger partial charge < -0.3 is 50.2 Å². The van der Waals surface area contributed by atoms with Crippen LogP contribution in [0.4, 0.5) is 13.2 Å². The van der Waals surface area contributed by atoms with Gasteiger partial charge in [-0.2, -0.15) is 0 Å². The Morgan fingerprint density at radius 3 is 1.06 bits per heavy atom. The number of benzene rings is 3. The number of hydrogen-bond acceptors (Lipinski definition) is 14. The minimum absolute atomic E-state index is 0.00277. The number of phenols is 2. The molecule has 0 aliphatic heterocycles. The first-order valence-electron chi connectivity index (χ1n) is 20.1. The van der Waals surface area contributed by atoms with E-state index >= 15 is 0 Å². The lowest BCUT2D eigenvalue weighted by Crippen LogP contribution is -2.28. The highest BCUT2D eigenvalue weighted by Crippen LogP contribution is 2.38. The lowest BCUT2D eigenvalue weighted by molar-refractivity contribution is -0.145. The predicted octanol–water partition coefficient (Wildman–Crippen LogP) is 8.57. The molecule has 0 saturated carbocycles. The maximum atomic E-state index is 14.3. The Morgan fingerprint density at radius 2 is 0.730 bits per heavy atom. The Labute approximate surface area is 367 Å². The van der Waals surface area contributed by atoms with Gasteiger partial charge >= 0.3 is 23.9 Å². The summed E-state index contributed by atoms with van der Waals surface area (Å²) in [6.07, 6.45) is -2.69. The first-order valence-corrected chi connectivity index (χ1v) is 20.1. The van der Waals surface area contributed by atoms with E-state index in [0.29, 0.717) is 6.42 Å². The fourth-order valence-electron chi connectivity index (χ4n) is 4.34. The zero-order valence-electron chi connectivity index (χ0n) is 38.5. The fraction of sp³-hybridized carbons (Fsp3) is 0.522. The molecular weight excluding hydrogens is 831 g/mol. The summed E-state index contributed by atoms with van der Waals surface area (Å²) in [5.41, 5.74) is 1.91. The normalized spacial score (nSPS) is 13.2. The van der Waals surface area contributed by atoms with Gasteiger partial charge in [-0.25, -0.2) is 13.2 Å². The van der Waals surface area contributed by atoms with Crippen LogP contribution in [0.3, 0.4) is 0 Å². The number of aliphatic hydroxyl groups excluding tert-OH is 3. The van der Waals surface area contributed by atoms with Crippen LogP contribution in [0.2, 0.25) is 0 Å². The van der Waals surface area contributed by atoms with Crippen molar-refractivity contribution in [2.24, 2.45) is 27.4 Å². The van der Waals surface area contributed by atoms with Gasteiger partial charge in [0, 0.05) is 41.4 Å². The Morgan fingerprint density at radius 1 is 0.476 bits per heavy atom. The van der Waals surface area contributed by atoms with Crippen LogP contribution >= 0.6 is 0 Å². The summed E-state index contributed by atoms with van der Waals surface area (Å²) >= 11 is 0. The number of esters is 4. The highest BCUT2D eigenvalue weighted by atomic mass is 19.1. The van der Waals surface area contributed by atoms with Gasteiger partial charge in [-0.1, -0.05) is 13.8 Å². The Bertz CT molecular complexity index is 2080. The van der Waals surface area contributed by atoms with Crippen LogP contribution in [0.15, 0.2) is 36.4 Å². The molecule has 0 aliphatic rings. The van der Waals surface area contributed by atoms with Crippen molar-refractivity contribution in [3.8, 4) is 34.5 Å². The third-order valence-electron chi connectivity index (χ3n) is 8.55. The number of carbonyl (C=O) groups excluding carboxylic acids is 4. The molecule has 0 spiro atoms. The van der Waals surface area contributed by atoms with Crippen LogP contribution in [-0.2, 0) is 19.2 Å². The average molecular weight is 896 g/mol. The second kappa shape index (κ2) is 22.4. The van der Waals surface area contributed by atoms with E-state index in [-0.39, 0.29) is 52.7 Å². The number of halogens is 3. The van der Waals surface area contributed by atoms with Crippen LogP contribution in [0.1, 0.15) is 145 Å². The summed E-state index contributed by atoms with van der Waals surface area (Å²) in [6.45, 7) is 23.1. The highest BCUT2D eigenvalue weighted by molar-refractivity contribution is 5.81. The predicted molar refractivity (Wildman–Crippen MR) is 227 cm³/mol. The van der Waals surface area contributed by atoms with Gasteiger partial charge in [0.25, 0.3) is 0 Å². The standard InChI is InChI=1S/C19H27FO5.C14H19FO4.C13H18FNO4/c1-8-13(21)11-9-14(24-16(22)18(2,3)4)15(10-12(11)20)25-17(23)19(5,6)7;1-5-10(16)8-6-12(11(17)7-9(8)15)19-13(18)14(2,3)4;1-13(2,3)12(18)19-11-5-8(14)7(4-9(11)16)10(17)6-15/h9-10,13,21H,8H2,1-7H3;6-7,10,16-17H,5H2,1-4H3;4-5,10,16-17H,6,15H2,1-3H3. The molecule has 3 unspecified atom stereocenters. The Balaban J connectivity index is 0.000000479. The first kappa shape index (κ1) is 55.8. The van der Waals surface area contributed by atoms with Gasteiger partial charge in [0.1, 0.15) is 17.5 Å². The van der Waals surface area contributed by atoms with E-state index in [0.717, 1.165) is 30.3 Å². The number of aliphatic hydroxyl groups is 3. The van der Waals surface area contributed by atoms with Crippen LogP contribution in [0.25, 0.3) is 0 Å². The van der Waals surface area contributed by atoms with Crippen molar-refractivity contribution in [1.29, 1.82) is 0 Å². The molecule has 0 aliphatic carbocycles. The van der Waals surface area contributed by atoms with Gasteiger partial charge in [0.2, 0.25) is 0 Å². The Hall–Kier alpha value is -5.23. The number of carbonyl (C=O) groups is 4. The lowest BCUT2D eigenvalue weighted by Gasteiger charge is -2.21. The quantitative estimate of drug-likeness (QED) is 0.0827. The van der Waals surface area contributed by atoms with Crippen molar-refractivity contribution in [3.63, 3.8) is 0 Å². The first-order chi connectivity index (χ1) is 28.6. The minimum atomic E-state index is -1.22. The number of phenolic OH excluding ortho intramolecular Hbond substituents is 2. The van der Waals surface area contributed by atoms with Gasteiger partial charge in [-0.15, -0.1) is 0 Å². The third kappa shape index (κ3) is 16.8. The van der Waals surface area contributed by atoms with E-state index in [2.05, 4.69) is 0 Å². The molecule has 7 N–H and O–H groups in total. The molecule has 0 amide bonds. The van der Waals surface area contributed by atoms with Crippen molar-refractivity contribution in [3.05, 3.63) is 70.5 Å². The Kier molecular flexibility index (Phi) is 19.8. The molecule has 0 fully saturated rings. The summed E-state index contributed by atoms with van der Waals surface area (Å²) in [7, 11) is 0. The SMILES string of the molecule is CC(C)(C)C(=O)Oc1cc(F)c(C(O)CN)cc1O.CCC(O)c1cc(OC(=O)C(C)(C)C)c(O)cc1F.CCC(O)c1cc(OC(=O)C(C)(C)C)c(OC(=O)C(C)(C)C)cc1F. The summed E-state index contributed by atoms with van der Waals surface area (Å²) in [4.78, 5) is 47.7. The molecule has 3 rings (SSSR count). The molecule has 3 aromatic rings. The van der Waals surface area contributed by atoms with Crippen molar-refractivity contribution >= 4 is 23.9 Å². The van der Waals surface area contributed by atoms with Gasteiger partial charge in [-0.05, 0) is 114 Å². The molecule has 352 valence electrons. The molecule has 0 bridgehead atoms.